The number of hydrogen-bond acceptors (Lipinski definition) is 8. The van der Waals surface area contributed by atoms with E-state index >= 15 is 0 Å². The van der Waals surface area contributed by atoms with E-state index in [9.17, 15) is 36.3 Å². The number of para-hydroxylation sites is 2. The van der Waals surface area contributed by atoms with Gasteiger partial charge in [0.25, 0.3) is 0 Å². The van der Waals surface area contributed by atoms with E-state index in [0.717, 1.165) is 29.6 Å². The number of aromatic nitrogens is 4. The number of β-amino-alcohol motifs (C(OH)–C–C–N with tert-alkyl or cyclic N) is 1. The van der Waals surface area contributed by atoms with Crippen molar-refractivity contribution in [1.29, 1.82) is 0 Å². The molecular formula is C33H39F3N6O6S. The van der Waals surface area contributed by atoms with E-state index < -0.39 is 33.8 Å². The predicted molar refractivity (Wildman–Crippen MR) is 175 cm³/mol. The maximum atomic E-state index is 13.5. The molecule has 1 N–H and O–H groups in total. The number of rotatable bonds is 10. The van der Waals surface area contributed by atoms with Crippen molar-refractivity contribution < 1.29 is 36.2 Å². The van der Waals surface area contributed by atoms with Crippen molar-refractivity contribution in [2.24, 2.45) is 0 Å². The number of hydrogen-bond donors (Lipinski definition) is 1. The zero-order valence-corrected chi connectivity index (χ0v) is 28.1. The van der Waals surface area contributed by atoms with E-state index in [1.165, 1.54) is 21.0 Å². The van der Waals surface area contributed by atoms with Gasteiger partial charge in [0.05, 0.1) is 47.8 Å². The fraction of sp³-hybridized carbons (Fsp3) is 0.485. The van der Waals surface area contributed by atoms with Crippen LogP contribution in [-0.2, 0) is 51.8 Å². The maximum Gasteiger partial charge on any atom is 0.416 e. The Labute approximate surface area is 281 Å². The second kappa shape index (κ2) is 13.7. The standard InChI is InChI=1S/C33H39F3N6O6S/c1-3-48-30(44)21-40-28-6-4-5-7-29(28)42(32(40)45)24-12-15-38(16-13-24)18-25(43)19-41-27-14-17-39(49(2,46)47)20-26(27)31(37-41)22-8-10-23(11-9-22)33(34,35)36/h4-11,24-25,43H,3,12-21H2,1-2H3. The third-order valence-electron chi connectivity index (χ3n) is 9.29. The Bertz CT molecular complexity index is 2000. The van der Waals surface area contributed by atoms with Crippen molar-refractivity contribution >= 4 is 27.0 Å². The first kappa shape index (κ1) is 34.9. The molecule has 2 aromatic heterocycles. The molecule has 16 heteroatoms. The lowest BCUT2D eigenvalue weighted by Crippen LogP contribution is -2.42. The van der Waals surface area contributed by atoms with E-state index in [2.05, 4.69) is 4.90 Å². The van der Waals surface area contributed by atoms with Crippen LogP contribution >= 0.6 is 0 Å². The van der Waals surface area contributed by atoms with E-state index in [1.807, 2.05) is 24.3 Å². The maximum absolute atomic E-state index is 13.5. The van der Waals surface area contributed by atoms with Gasteiger partial charge in [0, 0.05) is 62.0 Å². The Kier molecular flexibility index (Phi) is 9.77. The van der Waals surface area contributed by atoms with Gasteiger partial charge < -0.3 is 14.7 Å². The Balaban J connectivity index is 1.16. The number of imidazole rings is 1. The number of sulfonamides is 1. The van der Waals surface area contributed by atoms with Crippen molar-refractivity contribution in [3.8, 4) is 11.3 Å². The second-order valence-electron chi connectivity index (χ2n) is 12.6. The van der Waals surface area contributed by atoms with Gasteiger partial charge in [-0.15, -0.1) is 0 Å². The monoisotopic (exact) mass is 704 g/mol. The highest BCUT2D eigenvalue weighted by Crippen LogP contribution is 2.34. The van der Waals surface area contributed by atoms with Crippen molar-refractivity contribution in [3.05, 3.63) is 75.8 Å². The Hall–Kier alpha value is -3.99. The van der Waals surface area contributed by atoms with Crippen molar-refractivity contribution in [1.82, 2.24) is 28.1 Å². The minimum absolute atomic E-state index is 0.0314. The molecule has 4 heterocycles. The number of aliphatic hydroxyl groups excluding tert-OH is 1. The lowest BCUT2D eigenvalue weighted by molar-refractivity contribution is -0.143. The normalized spacial score (nSPS) is 17.3. The van der Waals surface area contributed by atoms with E-state index in [4.69, 9.17) is 9.84 Å². The number of carbonyl (C=O) groups excluding carboxylic acids is 1. The summed E-state index contributed by atoms with van der Waals surface area (Å²) in [6, 6.07) is 11.9. The number of ether oxygens (including phenoxy) is 1. The van der Waals surface area contributed by atoms with Gasteiger partial charge in [0.2, 0.25) is 10.0 Å². The van der Waals surface area contributed by atoms with Crippen molar-refractivity contribution in [2.75, 3.05) is 39.0 Å². The minimum Gasteiger partial charge on any atom is -0.465 e. The molecule has 1 saturated heterocycles. The molecule has 0 radical (unpaired) electrons. The number of piperidine rings is 1. The lowest BCUT2D eigenvalue weighted by Gasteiger charge is -2.33. The van der Waals surface area contributed by atoms with Gasteiger partial charge in [0.1, 0.15) is 6.54 Å². The van der Waals surface area contributed by atoms with Crippen LogP contribution in [0.1, 0.15) is 42.6 Å². The fourth-order valence-corrected chi connectivity index (χ4v) is 7.72. The number of fused-ring (bicyclic) bond motifs is 2. The molecule has 2 aliphatic rings. The van der Waals surface area contributed by atoms with Gasteiger partial charge >= 0.3 is 17.8 Å². The van der Waals surface area contributed by atoms with Crippen LogP contribution in [0.5, 0.6) is 0 Å². The number of benzene rings is 2. The molecule has 49 heavy (non-hydrogen) atoms. The molecule has 1 unspecified atom stereocenters. The topological polar surface area (TPSA) is 132 Å². The zero-order chi connectivity index (χ0) is 35.1. The SMILES string of the molecule is CCOC(=O)Cn1c(=O)n(C2CCN(CC(O)Cn3nc(-c4ccc(C(F)(F)F)cc4)c4c3CCN(S(C)(=O)=O)C4)CC2)c2ccccc21. The number of carbonyl (C=O) groups is 1. The summed E-state index contributed by atoms with van der Waals surface area (Å²) in [5.41, 5.74) is 2.51. The minimum atomic E-state index is -4.50. The third-order valence-corrected chi connectivity index (χ3v) is 10.5. The van der Waals surface area contributed by atoms with Crippen molar-refractivity contribution in [3.63, 3.8) is 0 Å². The fourth-order valence-electron chi connectivity index (χ4n) is 6.94. The smallest absolute Gasteiger partial charge is 0.416 e. The number of aliphatic hydroxyl groups is 1. The molecule has 0 bridgehead atoms. The average Bonchev–Trinajstić information content (AvgIpc) is 3.54. The molecule has 264 valence electrons. The van der Waals surface area contributed by atoms with E-state index in [1.54, 1.807) is 16.2 Å². The Morgan fingerprint density at radius 2 is 1.71 bits per heavy atom. The molecule has 0 spiro atoms. The molecular weight excluding hydrogens is 665 g/mol. The summed E-state index contributed by atoms with van der Waals surface area (Å²) in [6.07, 6.45) is -2.59. The van der Waals surface area contributed by atoms with Crippen LogP contribution in [0.2, 0.25) is 0 Å². The molecule has 12 nitrogen and oxygen atoms in total. The largest absolute Gasteiger partial charge is 0.465 e. The molecule has 4 aromatic rings. The van der Waals surface area contributed by atoms with Crippen LogP contribution in [0.15, 0.2) is 53.3 Å². The summed E-state index contributed by atoms with van der Waals surface area (Å²) in [5, 5.41) is 15.9. The summed E-state index contributed by atoms with van der Waals surface area (Å²) < 4.78 is 75.6. The summed E-state index contributed by atoms with van der Waals surface area (Å²) in [7, 11) is -3.52. The molecule has 0 aliphatic carbocycles. The summed E-state index contributed by atoms with van der Waals surface area (Å²) in [6.45, 7) is 3.69. The average molecular weight is 705 g/mol. The summed E-state index contributed by atoms with van der Waals surface area (Å²) in [5.74, 6) is -0.478. The summed E-state index contributed by atoms with van der Waals surface area (Å²) >= 11 is 0. The summed E-state index contributed by atoms with van der Waals surface area (Å²) in [4.78, 5) is 27.9. The van der Waals surface area contributed by atoms with Crippen LogP contribution in [0, 0.1) is 0 Å². The first-order valence-electron chi connectivity index (χ1n) is 16.2. The van der Waals surface area contributed by atoms with Gasteiger partial charge in [-0.1, -0.05) is 24.3 Å². The number of halogens is 3. The van der Waals surface area contributed by atoms with Crippen LogP contribution < -0.4 is 5.69 Å². The van der Waals surface area contributed by atoms with Crippen LogP contribution in [-0.4, -0.2) is 92.8 Å². The first-order valence-corrected chi connectivity index (χ1v) is 18.1. The molecule has 1 fully saturated rings. The van der Waals surface area contributed by atoms with Gasteiger partial charge in [0.15, 0.2) is 0 Å². The molecule has 2 aliphatic heterocycles. The quantitative estimate of drug-likeness (QED) is 0.249. The molecule has 0 saturated carbocycles. The number of likely N-dealkylation sites (tertiary alicyclic amines) is 1. The second-order valence-corrected chi connectivity index (χ2v) is 14.6. The first-order chi connectivity index (χ1) is 23.2. The Morgan fingerprint density at radius 3 is 2.35 bits per heavy atom. The highest BCUT2D eigenvalue weighted by molar-refractivity contribution is 7.88. The number of nitrogens with zero attached hydrogens (tertiary/aromatic N) is 6. The lowest BCUT2D eigenvalue weighted by atomic mass is 10.0. The van der Waals surface area contributed by atoms with Gasteiger partial charge in [-0.3, -0.25) is 18.6 Å². The number of alkyl halides is 3. The predicted octanol–water partition coefficient (Wildman–Crippen LogP) is 3.26. The van der Waals surface area contributed by atoms with Gasteiger partial charge in [-0.2, -0.15) is 22.6 Å². The molecule has 1 atom stereocenters. The molecule has 6 rings (SSSR count). The van der Waals surface area contributed by atoms with Gasteiger partial charge in [-0.05, 0) is 44.0 Å². The van der Waals surface area contributed by atoms with Crippen LogP contribution in [0.3, 0.4) is 0 Å². The zero-order valence-electron chi connectivity index (χ0n) is 27.3. The van der Waals surface area contributed by atoms with E-state index in [0.29, 0.717) is 61.2 Å². The number of esters is 1. The van der Waals surface area contributed by atoms with Crippen molar-refractivity contribution in [2.45, 2.75) is 64.1 Å². The highest BCUT2D eigenvalue weighted by Gasteiger charge is 2.33. The third kappa shape index (κ3) is 7.32. The Morgan fingerprint density at radius 1 is 1.04 bits per heavy atom. The molecule has 2 aromatic carbocycles. The van der Waals surface area contributed by atoms with Crippen LogP contribution in [0.4, 0.5) is 13.2 Å². The highest BCUT2D eigenvalue weighted by atomic mass is 32.2. The molecule has 0 amide bonds. The van der Waals surface area contributed by atoms with E-state index in [-0.39, 0.29) is 44.5 Å². The van der Waals surface area contributed by atoms with Gasteiger partial charge in [-0.25, -0.2) is 13.2 Å². The van der Waals surface area contributed by atoms with Crippen LogP contribution in [0.25, 0.3) is 22.3 Å².